The zero-order valence-corrected chi connectivity index (χ0v) is 24.6. The predicted molar refractivity (Wildman–Crippen MR) is 152 cm³/mol. The van der Waals surface area contributed by atoms with Gasteiger partial charge < -0.3 is 29.2 Å². The zero-order chi connectivity index (χ0) is 28.0. The summed E-state index contributed by atoms with van der Waals surface area (Å²) in [5, 5.41) is 20.0. The molecule has 7 nitrogen and oxygen atoms in total. The number of unbranched alkanes of at least 4 members (excludes halogenated alkanes) is 3. The summed E-state index contributed by atoms with van der Waals surface area (Å²) in [6.07, 6.45) is 18.3. The van der Waals surface area contributed by atoms with E-state index in [0.717, 1.165) is 83.8 Å². The van der Waals surface area contributed by atoms with E-state index >= 15 is 0 Å². The molecule has 3 aliphatic rings. The number of ether oxygens (including phenoxy) is 4. The molecule has 1 aliphatic carbocycles. The van der Waals surface area contributed by atoms with Gasteiger partial charge in [0.1, 0.15) is 0 Å². The Morgan fingerprint density at radius 2 is 1.69 bits per heavy atom. The molecule has 1 saturated carbocycles. The van der Waals surface area contributed by atoms with Crippen LogP contribution >= 0.6 is 0 Å². The first-order valence-corrected chi connectivity index (χ1v) is 15.6. The van der Waals surface area contributed by atoms with Crippen molar-refractivity contribution in [3.05, 3.63) is 23.8 Å². The van der Waals surface area contributed by atoms with Gasteiger partial charge in [0.15, 0.2) is 12.6 Å². The van der Waals surface area contributed by atoms with Crippen LogP contribution in [-0.2, 0) is 23.7 Å². The molecule has 2 heterocycles. The van der Waals surface area contributed by atoms with E-state index in [2.05, 4.69) is 39.0 Å². The van der Waals surface area contributed by atoms with Gasteiger partial charge in [-0.2, -0.15) is 0 Å². The van der Waals surface area contributed by atoms with Gasteiger partial charge in [0.25, 0.3) is 0 Å². The lowest BCUT2D eigenvalue weighted by Crippen LogP contribution is -2.32. The summed E-state index contributed by atoms with van der Waals surface area (Å²) >= 11 is 0. The van der Waals surface area contributed by atoms with Gasteiger partial charge in [-0.05, 0) is 83.5 Å². The van der Waals surface area contributed by atoms with Crippen molar-refractivity contribution in [1.82, 2.24) is 0 Å². The van der Waals surface area contributed by atoms with Gasteiger partial charge in [-0.25, -0.2) is 0 Å². The van der Waals surface area contributed by atoms with Crippen molar-refractivity contribution in [2.24, 2.45) is 17.8 Å². The van der Waals surface area contributed by atoms with Crippen molar-refractivity contribution in [2.45, 2.75) is 142 Å². The number of aliphatic carboxylic acids is 1. The Labute approximate surface area is 236 Å². The van der Waals surface area contributed by atoms with Gasteiger partial charge >= 0.3 is 5.97 Å². The molecule has 0 radical (unpaired) electrons. The third-order valence-electron chi connectivity index (χ3n) is 8.46. The minimum absolute atomic E-state index is 0.0790. The molecule has 3 fully saturated rings. The summed E-state index contributed by atoms with van der Waals surface area (Å²) in [6.45, 7) is 7.98. The molecule has 2 saturated heterocycles. The van der Waals surface area contributed by atoms with E-state index in [-0.39, 0.29) is 43.0 Å². The lowest BCUT2D eigenvalue weighted by atomic mass is 9.87. The third kappa shape index (κ3) is 11.6. The lowest BCUT2D eigenvalue weighted by Gasteiger charge is -2.31. The quantitative estimate of drug-likeness (QED) is 0.162. The second-order valence-electron chi connectivity index (χ2n) is 12.1. The van der Waals surface area contributed by atoms with Crippen molar-refractivity contribution in [2.75, 3.05) is 13.2 Å². The Hall–Kier alpha value is -1.25. The molecule has 0 amide bonds. The summed E-state index contributed by atoms with van der Waals surface area (Å²) in [5.74, 6) is -0.250. The molecule has 0 bridgehead atoms. The molecule has 3 rings (SSSR count). The molecular formula is C32H54O7. The van der Waals surface area contributed by atoms with Gasteiger partial charge in [-0.3, -0.25) is 4.79 Å². The second-order valence-corrected chi connectivity index (χ2v) is 12.1. The molecule has 2 N–H and O–H groups in total. The Balaban J connectivity index is 1.70. The molecule has 0 aromatic carbocycles. The van der Waals surface area contributed by atoms with Gasteiger partial charge in [-0.1, -0.05) is 50.0 Å². The number of carbonyl (C=O) groups is 1. The standard InChI is InChI=1S/C32H54O7/c1-23(2)16-17-24(3)28(38-31-14-8-10-20-36-31)19-18-26-25(12-6-4-5-7-13-30(34)35)27(33)22-29(26)39-32-15-9-11-21-37-32/h16,18-19,24-29,31-33H,4-15,17,20-22H2,1-3H3,(H,34,35)/t24?,25-,26-,27+,28-,29-,31?,32?/m1/s1. The normalized spacial score (nSPS) is 31.3. The Morgan fingerprint density at radius 1 is 1.00 bits per heavy atom. The first-order chi connectivity index (χ1) is 18.8. The second kappa shape index (κ2) is 17.5. The predicted octanol–water partition coefficient (Wildman–Crippen LogP) is 6.78. The molecule has 3 unspecified atom stereocenters. The van der Waals surface area contributed by atoms with Crippen molar-refractivity contribution in [3.8, 4) is 0 Å². The fraction of sp³-hybridized carbons (Fsp3) is 0.844. The van der Waals surface area contributed by atoms with Crippen molar-refractivity contribution >= 4 is 5.97 Å². The van der Waals surface area contributed by atoms with Gasteiger partial charge in [0, 0.05) is 32.0 Å². The number of hydrogen-bond donors (Lipinski definition) is 2. The monoisotopic (exact) mass is 550 g/mol. The fourth-order valence-corrected chi connectivity index (χ4v) is 6.08. The summed E-state index contributed by atoms with van der Waals surface area (Å²) < 4.78 is 24.8. The van der Waals surface area contributed by atoms with Gasteiger partial charge in [0.2, 0.25) is 0 Å². The van der Waals surface area contributed by atoms with Crippen LogP contribution in [0.15, 0.2) is 23.8 Å². The van der Waals surface area contributed by atoms with E-state index in [1.165, 1.54) is 5.57 Å². The van der Waals surface area contributed by atoms with Crippen molar-refractivity contribution < 1.29 is 34.0 Å². The van der Waals surface area contributed by atoms with Crippen molar-refractivity contribution in [3.63, 3.8) is 0 Å². The molecular weight excluding hydrogens is 496 g/mol. The summed E-state index contributed by atoms with van der Waals surface area (Å²) in [4.78, 5) is 10.8. The maximum absolute atomic E-state index is 11.1. The highest BCUT2D eigenvalue weighted by atomic mass is 16.7. The van der Waals surface area contributed by atoms with E-state index in [0.29, 0.717) is 18.8 Å². The molecule has 8 atom stereocenters. The molecule has 7 heteroatoms. The lowest BCUT2D eigenvalue weighted by molar-refractivity contribution is -0.193. The van der Waals surface area contributed by atoms with Crippen LogP contribution in [0.25, 0.3) is 0 Å². The van der Waals surface area contributed by atoms with E-state index in [1.807, 2.05) is 0 Å². The highest BCUT2D eigenvalue weighted by molar-refractivity contribution is 5.66. The maximum Gasteiger partial charge on any atom is 0.303 e. The number of carboxylic acid groups (broad SMARTS) is 1. The molecule has 0 aromatic heterocycles. The van der Waals surface area contributed by atoms with Gasteiger partial charge in [0.05, 0.1) is 18.3 Å². The summed E-state index contributed by atoms with van der Waals surface area (Å²) in [7, 11) is 0. The molecule has 0 aromatic rings. The maximum atomic E-state index is 11.1. The molecule has 0 spiro atoms. The average Bonchev–Trinajstić information content (AvgIpc) is 3.21. The Kier molecular flexibility index (Phi) is 14.5. The molecule has 2 aliphatic heterocycles. The van der Waals surface area contributed by atoms with Crippen molar-refractivity contribution in [1.29, 1.82) is 0 Å². The highest BCUT2D eigenvalue weighted by Gasteiger charge is 2.43. The number of rotatable bonds is 16. The van der Waals surface area contributed by atoms with E-state index in [4.69, 9.17) is 24.1 Å². The molecule has 224 valence electrons. The zero-order valence-electron chi connectivity index (χ0n) is 24.6. The van der Waals surface area contributed by atoms with E-state index in [1.54, 1.807) is 0 Å². The van der Waals surface area contributed by atoms with Crippen LogP contribution in [0.5, 0.6) is 0 Å². The first kappa shape index (κ1) is 32.3. The van der Waals surface area contributed by atoms with E-state index < -0.39 is 12.1 Å². The van der Waals surface area contributed by atoms with Crippen LogP contribution < -0.4 is 0 Å². The SMILES string of the molecule is CC(C)=CCC(C)[C@@H](C=C[C@@H]1[C@@H](CCCCCCC(=O)O)[C@@H](O)C[C@H]1OC1CCCCO1)OC1CCCCO1. The topological polar surface area (TPSA) is 94.5 Å². The minimum Gasteiger partial charge on any atom is -0.481 e. The number of aliphatic hydroxyl groups is 1. The number of hydrogen-bond acceptors (Lipinski definition) is 6. The summed E-state index contributed by atoms with van der Waals surface area (Å²) in [6, 6.07) is 0. The largest absolute Gasteiger partial charge is 0.481 e. The number of carboxylic acids is 1. The van der Waals surface area contributed by atoms with E-state index in [9.17, 15) is 9.90 Å². The smallest absolute Gasteiger partial charge is 0.303 e. The average molecular weight is 551 g/mol. The number of allylic oxidation sites excluding steroid dienone is 2. The van der Waals surface area contributed by atoms with Crippen LogP contribution in [0.3, 0.4) is 0 Å². The first-order valence-electron chi connectivity index (χ1n) is 15.6. The Morgan fingerprint density at radius 3 is 2.33 bits per heavy atom. The minimum atomic E-state index is -0.731. The molecule has 39 heavy (non-hydrogen) atoms. The van der Waals surface area contributed by atoms with Crippen LogP contribution in [0.2, 0.25) is 0 Å². The van der Waals surface area contributed by atoms with Gasteiger partial charge in [-0.15, -0.1) is 0 Å². The summed E-state index contributed by atoms with van der Waals surface area (Å²) in [5.41, 5.74) is 1.31. The van der Waals surface area contributed by atoms with Crippen LogP contribution in [0.4, 0.5) is 0 Å². The number of aliphatic hydroxyl groups excluding tert-OH is 1. The van der Waals surface area contributed by atoms with Crippen LogP contribution in [-0.4, -0.2) is 60.3 Å². The van der Waals surface area contributed by atoms with Crippen LogP contribution in [0.1, 0.15) is 111 Å². The fourth-order valence-electron chi connectivity index (χ4n) is 6.08. The Bertz CT molecular complexity index is 750. The van der Waals surface area contributed by atoms with Crippen LogP contribution in [0, 0.1) is 17.8 Å². The third-order valence-corrected chi connectivity index (χ3v) is 8.46. The highest BCUT2D eigenvalue weighted by Crippen LogP contribution is 2.40.